The molecule has 0 bridgehead atoms. The highest BCUT2D eigenvalue weighted by Gasteiger charge is 2.25. The molecule has 0 aliphatic rings. The van der Waals surface area contributed by atoms with Gasteiger partial charge in [0.25, 0.3) is 0 Å². The van der Waals surface area contributed by atoms with Crippen LogP contribution in [-0.2, 0) is 4.79 Å². The predicted molar refractivity (Wildman–Crippen MR) is 99.7 cm³/mol. The van der Waals surface area contributed by atoms with Gasteiger partial charge in [-0.15, -0.1) is 0 Å². The first-order chi connectivity index (χ1) is 10.3. The monoisotopic (exact) mass is 310 g/mol. The molecule has 0 aromatic heterocycles. The Morgan fingerprint density at radius 1 is 1.05 bits per heavy atom. The van der Waals surface area contributed by atoms with Crippen LogP contribution in [0.1, 0.15) is 25.8 Å². The molecule has 0 saturated carbocycles. The molecule has 116 valence electrons. The van der Waals surface area contributed by atoms with Gasteiger partial charge < -0.3 is 0 Å². The molecule has 1 nitrogen and oxygen atoms in total. The van der Waals surface area contributed by atoms with Crippen molar-refractivity contribution < 1.29 is 4.79 Å². The molecule has 0 aliphatic heterocycles. The molecule has 2 aromatic carbocycles. The first kappa shape index (κ1) is 16.7. The average molecular weight is 311 g/mol. The molecule has 0 radical (unpaired) electrons. The highest BCUT2D eigenvalue weighted by Crippen LogP contribution is 2.24. The Morgan fingerprint density at radius 2 is 1.68 bits per heavy atom. The molecule has 2 heteroatoms. The van der Waals surface area contributed by atoms with Crippen LogP contribution in [0.2, 0.25) is 19.6 Å². The summed E-state index contributed by atoms with van der Waals surface area (Å²) in [6, 6.07) is 14.8. The number of fused-ring (bicyclic) bond motifs is 1. The molecule has 0 amide bonds. The molecule has 2 aromatic rings. The molecular weight excluding hydrogens is 284 g/mol. The fraction of sp³-hybridized carbons (Fsp3) is 0.350. The highest BCUT2D eigenvalue weighted by atomic mass is 28.3. The number of carbonyl (C=O) groups is 1. The van der Waals surface area contributed by atoms with Gasteiger partial charge in [0.15, 0.2) is 5.78 Å². The summed E-state index contributed by atoms with van der Waals surface area (Å²) in [5, 5.41) is 3.52. The maximum Gasteiger partial charge on any atom is 0.155 e. The number of rotatable bonds is 5. The van der Waals surface area contributed by atoms with Crippen LogP contribution < -0.4 is 0 Å². The van der Waals surface area contributed by atoms with Crippen LogP contribution in [0.15, 0.2) is 47.7 Å². The first-order valence-electron chi connectivity index (χ1n) is 8.01. The summed E-state index contributed by atoms with van der Waals surface area (Å²) in [5.41, 5.74) is 1.13. The lowest BCUT2D eigenvalue weighted by Gasteiger charge is -2.21. The van der Waals surface area contributed by atoms with E-state index in [1.54, 1.807) is 0 Å². The third kappa shape index (κ3) is 4.17. The van der Waals surface area contributed by atoms with Crippen LogP contribution in [0.5, 0.6) is 0 Å². The number of Topliss-reactive ketones (excluding diaryl/α,β-unsaturated/α-hetero) is 1. The molecule has 0 atom stereocenters. The standard InChI is InChI=1S/C20H26OSi/c1-15(2)12-19(21)20(22(3,4)5)14-16-10-11-17-8-6-7-9-18(17)13-16/h6-11,13-15H,12H2,1-5H3/b20-14+. The van der Waals surface area contributed by atoms with E-state index in [4.69, 9.17) is 0 Å². The summed E-state index contributed by atoms with van der Waals surface area (Å²) in [4.78, 5) is 12.6. The fourth-order valence-corrected chi connectivity index (χ4v) is 4.20. The third-order valence-electron chi connectivity index (χ3n) is 3.79. The van der Waals surface area contributed by atoms with Crippen LogP contribution in [0, 0.1) is 5.92 Å². The number of hydrogen-bond acceptors (Lipinski definition) is 1. The summed E-state index contributed by atoms with van der Waals surface area (Å²) < 4.78 is 0. The Morgan fingerprint density at radius 3 is 2.27 bits per heavy atom. The van der Waals surface area contributed by atoms with E-state index < -0.39 is 8.07 Å². The van der Waals surface area contributed by atoms with Crippen LogP contribution in [0.4, 0.5) is 0 Å². The minimum absolute atomic E-state index is 0.322. The van der Waals surface area contributed by atoms with Crippen molar-refractivity contribution in [2.75, 3.05) is 0 Å². The summed E-state index contributed by atoms with van der Waals surface area (Å²) >= 11 is 0. The SMILES string of the molecule is CC(C)CC(=O)/C(=C\c1ccc2ccccc2c1)[Si](C)(C)C. The highest BCUT2D eigenvalue weighted by molar-refractivity contribution is 6.88. The van der Waals surface area contributed by atoms with Gasteiger partial charge in [-0.25, -0.2) is 0 Å². The Kier molecular flexibility index (Phi) is 5.02. The zero-order valence-corrected chi connectivity index (χ0v) is 15.3. The number of hydrogen-bond donors (Lipinski definition) is 0. The van der Waals surface area contributed by atoms with Crippen molar-refractivity contribution in [2.45, 2.75) is 39.9 Å². The summed E-state index contributed by atoms with van der Waals surface area (Å²) in [6.07, 6.45) is 2.77. The van der Waals surface area contributed by atoms with Crippen LogP contribution in [0.3, 0.4) is 0 Å². The smallest absolute Gasteiger partial charge is 0.155 e. The zero-order valence-electron chi connectivity index (χ0n) is 14.3. The second-order valence-electron chi connectivity index (χ2n) is 7.44. The Bertz CT molecular complexity index is 705. The molecule has 22 heavy (non-hydrogen) atoms. The van der Waals surface area contributed by atoms with E-state index in [0.29, 0.717) is 18.1 Å². The van der Waals surface area contributed by atoms with Gasteiger partial charge in [0, 0.05) is 6.42 Å². The lowest BCUT2D eigenvalue weighted by molar-refractivity contribution is -0.115. The molecule has 0 heterocycles. The summed E-state index contributed by atoms with van der Waals surface area (Å²) in [7, 11) is -1.66. The van der Waals surface area contributed by atoms with Crippen molar-refractivity contribution in [1.82, 2.24) is 0 Å². The van der Waals surface area contributed by atoms with Gasteiger partial charge in [0.1, 0.15) is 0 Å². The van der Waals surface area contributed by atoms with Gasteiger partial charge in [-0.2, -0.15) is 0 Å². The van der Waals surface area contributed by atoms with Gasteiger partial charge in [-0.3, -0.25) is 4.79 Å². The maximum atomic E-state index is 12.6. The van der Waals surface area contributed by atoms with Crippen molar-refractivity contribution in [2.24, 2.45) is 5.92 Å². The molecule has 0 saturated heterocycles. The van der Waals surface area contributed by atoms with Crippen molar-refractivity contribution in [1.29, 1.82) is 0 Å². The van der Waals surface area contributed by atoms with E-state index in [1.165, 1.54) is 10.8 Å². The second kappa shape index (κ2) is 6.61. The molecule has 0 aliphatic carbocycles. The van der Waals surface area contributed by atoms with Gasteiger partial charge in [-0.1, -0.05) is 76.0 Å². The normalized spacial score (nSPS) is 12.9. The average Bonchev–Trinajstić information content (AvgIpc) is 2.42. The first-order valence-corrected chi connectivity index (χ1v) is 11.5. The molecule has 2 rings (SSSR count). The number of benzene rings is 2. The van der Waals surface area contributed by atoms with Gasteiger partial charge in [-0.05, 0) is 33.5 Å². The summed E-state index contributed by atoms with van der Waals surface area (Å²) in [5.74, 6) is 0.728. The zero-order chi connectivity index (χ0) is 16.3. The lowest BCUT2D eigenvalue weighted by Crippen LogP contribution is -2.30. The minimum Gasteiger partial charge on any atom is -0.295 e. The van der Waals surface area contributed by atoms with Crippen molar-refractivity contribution >= 4 is 30.7 Å². The van der Waals surface area contributed by atoms with E-state index in [0.717, 1.165) is 10.8 Å². The molecule has 0 unspecified atom stereocenters. The van der Waals surface area contributed by atoms with Gasteiger partial charge in [0.2, 0.25) is 0 Å². The molecule has 0 N–H and O–H groups in total. The van der Waals surface area contributed by atoms with Crippen LogP contribution in [0.25, 0.3) is 16.8 Å². The lowest BCUT2D eigenvalue weighted by atomic mass is 10.0. The minimum atomic E-state index is -1.66. The fourth-order valence-electron chi connectivity index (χ4n) is 2.66. The van der Waals surface area contributed by atoms with Crippen LogP contribution in [-0.4, -0.2) is 13.9 Å². The van der Waals surface area contributed by atoms with E-state index in [1.807, 2.05) is 0 Å². The van der Waals surface area contributed by atoms with E-state index >= 15 is 0 Å². The Labute approximate surface area is 135 Å². The molecule has 0 spiro atoms. The van der Waals surface area contributed by atoms with E-state index in [9.17, 15) is 4.79 Å². The number of allylic oxidation sites excluding steroid dienone is 1. The number of ketones is 1. The number of carbonyl (C=O) groups excluding carboxylic acids is 1. The molecule has 0 fully saturated rings. The van der Waals surface area contributed by atoms with Crippen molar-refractivity contribution in [3.8, 4) is 0 Å². The van der Waals surface area contributed by atoms with Crippen molar-refractivity contribution in [3.05, 3.63) is 53.2 Å². The quantitative estimate of drug-likeness (QED) is 0.510. The van der Waals surface area contributed by atoms with Gasteiger partial charge >= 0.3 is 0 Å². The molecular formula is C20H26OSi. The van der Waals surface area contributed by atoms with E-state index in [-0.39, 0.29) is 0 Å². The third-order valence-corrected chi connectivity index (χ3v) is 5.83. The largest absolute Gasteiger partial charge is 0.295 e. The second-order valence-corrected chi connectivity index (χ2v) is 12.5. The maximum absolute atomic E-state index is 12.6. The van der Waals surface area contributed by atoms with Gasteiger partial charge in [0.05, 0.1) is 8.07 Å². The van der Waals surface area contributed by atoms with Crippen LogP contribution >= 0.6 is 0 Å². The Hall–Kier alpha value is -1.67. The topological polar surface area (TPSA) is 17.1 Å². The van der Waals surface area contributed by atoms with E-state index in [2.05, 4.69) is 82.0 Å². The predicted octanol–water partition coefficient (Wildman–Crippen LogP) is 5.72. The van der Waals surface area contributed by atoms with Crippen molar-refractivity contribution in [3.63, 3.8) is 0 Å². The summed E-state index contributed by atoms with van der Waals surface area (Å²) in [6.45, 7) is 11.0. The Balaban J connectivity index is 2.44.